The van der Waals surface area contributed by atoms with Gasteiger partial charge in [0, 0.05) is 32.0 Å². The van der Waals surface area contributed by atoms with Gasteiger partial charge in [-0.15, -0.1) is 11.3 Å². The summed E-state index contributed by atoms with van der Waals surface area (Å²) in [4.78, 5) is 2.57. The summed E-state index contributed by atoms with van der Waals surface area (Å²) < 4.78 is 2.58. The summed E-state index contributed by atoms with van der Waals surface area (Å²) in [5, 5.41) is 5.06. The van der Waals surface area contributed by atoms with Gasteiger partial charge >= 0.3 is 0 Å². The highest BCUT2D eigenvalue weighted by Crippen LogP contribution is 2.58. The second-order valence-corrected chi connectivity index (χ2v) is 16.0. The molecule has 0 radical (unpaired) electrons. The zero-order valence-electron chi connectivity index (χ0n) is 31.0. The summed E-state index contributed by atoms with van der Waals surface area (Å²) in [7, 11) is 0. The zero-order valence-corrected chi connectivity index (χ0v) is 31.8. The molecule has 56 heavy (non-hydrogen) atoms. The van der Waals surface area contributed by atoms with Crippen LogP contribution < -0.4 is 4.90 Å². The molecule has 2 heteroatoms. The lowest BCUT2D eigenvalue weighted by atomic mass is 9.74. The van der Waals surface area contributed by atoms with Crippen LogP contribution in [0.3, 0.4) is 0 Å². The SMILES string of the molecule is CC1(c2ccccc2)c2ccccc2-c2c(N(c3ccccc3-c3cccc4cccc(-c5ccccc5)c34)c3cccc4c3sc3ccccc34)cccc21. The largest absolute Gasteiger partial charge is 0.308 e. The molecular weight excluding hydrogens is 695 g/mol. The summed E-state index contributed by atoms with van der Waals surface area (Å²) >= 11 is 1.88. The van der Waals surface area contributed by atoms with Gasteiger partial charge in [-0.2, -0.15) is 0 Å². The van der Waals surface area contributed by atoms with Gasteiger partial charge in [0.25, 0.3) is 0 Å². The van der Waals surface area contributed by atoms with Gasteiger partial charge in [0.1, 0.15) is 0 Å². The third-order valence-corrected chi connectivity index (χ3v) is 13.2. The molecule has 1 nitrogen and oxygen atoms in total. The molecule has 0 aliphatic heterocycles. The Morgan fingerprint density at radius 1 is 0.411 bits per heavy atom. The highest BCUT2D eigenvalue weighted by atomic mass is 32.1. The third kappa shape index (κ3) is 4.86. The first kappa shape index (κ1) is 32.7. The number of hydrogen-bond donors (Lipinski definition) is 0. The van der Waals surface area contributed by atoms with Crippen molar-refractivity contribution in [1.82, 2.24) is 0 Å². The van der Waals surface area contributed by atoms with Crippen LogP contribution in [0.25, 0.3) is 64.3 Å². The molecule has 0 amide bonds. The summed E-state index contributed by atoms with van der Waals surface area (Å²) in [6.45, 7) is 2.41. The Bertz CT molecular complexity index is 3100. The van der Waals surface area contributed by atoms with Gasteiger partial charge < -0.3 is 4.90 Å². The lowest BCUT2D eigenvalue weighted by Gasteiger charge is -2.32. The second kappa shape index (κ2) is 12.9. The first-order chi connectivity index (χ1) is 27.7. The van der Waals surface area contributed by atoms with Crippen LogP contribution in [0.15, 0.2) is 206 Å². The van der Waals surface area contributed by atoms with Gasteiger partial charge in [-0.25, -0.2) is 0 Å². The molecule has 1 heterocycles. The molecule has 0 saturated heterocycles. The van der Waals surface area contributed by atoms with E-state index in [9.17, 15) is 0 Å². The Hall–Kier alpha value is -6.74. The molecule has 1 unspecified atom stereocenters. The van der Waals surface area contributed by atoms with Crippen LogP contribution in [0.1, 0.15) is 23.6 Å². The lowest BCUT2D eigenvalue weighted by Crippen LogP contribution is -2.22. The number of hydrogen-bond acceptors (Lipinski definition) is 2. The third-order valence-electron chi connectivity index (χ3n) is 12.0. The van der Waals surface area contributed by atoms with E-state index in [1.807, 2.05) is 11.3 Å². The van der Waals surface area contributed by atoms with Crippen molar-refractivity contribution in [3.8, 4) is 33.4 Å². The molecule has 1 aliphatic rings. The normalized spacial score (nSPS) is 14.6. The molecule has 1 aliphatic carbocycles. The van der Waals surface area contributed by atoms with Crippen molar-refractivity contribution < 1.29 is 0 Å². The smallest absolute Gasteiger partial charge is 0.0640 e. The first-order valence-electron chi connectivity index (χ1n) is 19.4. The minimum atomic E-state index is -0.321. The van der Waals surface area contributed by atoms with Crippen molar-refractivity contribution in [1.29, 1.82) is 0 Å². The molecule has 1 atom stereocenters. The minimum absolute atomic E-state index is 0.321. The number of para-hydroxylation sites is 1. The predicted molar refractivity (Wildman–Crippen MR) is 240 cm³/mol. The summed E-state index contributed by atoms with van der Waals surface area (Å²) in [5.41, 5.74) is 14.6. The predicted octanol–water partition coefficient (Wildman–Crippen LogP) is 15.3. The van der Waals surface area contributed by atoms with Crippen LogP contribution in [0.5, 0.6) is 0 Å². The van der Waals surface area contributed by atoms with Crippen molar-refractivity contribution in [3.05, 3.63) is 223 Å². The van der Waals surface area contributed by atoms with E-state index in [-0.39, 0.29) is 5.41 Å². The van der Waals surface area contributed by atoms with Crippen LogP contribution in [0.2, 0.25) is 0 Å². The molecule has 1 aromatic heterocycles. The summed E-state index contributed by atoms with van der Waals surface area (Å²) in [5.74, 6) is 0. The van der Waals surface area contributed by atoms with E-state index in [2.05, 4.69) is 218 Å². The van der Waals surface area contributed by atoms with E-state index in [0.717, 1.165) is 5.69 Å². The number of anilines is 3. The molecule has 0 fully saturated rings. The Kier molecular flexibility index (Phi) is 7.55. The van der Waals surface area contributed by atoms with Crippen molar-refractivity contribution in [2.45, 2.75) is 12.3 Å². The maximum atomic E-state index is 2.57. The van der Waals surface area contributed by atoms with E-state index in [1.54, 1.807) is 0 Å². The van der Waals surface area contributed by atoms with Crippen LogP contribution in [0.4, 0.5) is 17.1 Å². The van der Waals surface area contributed by atoms with E-state index in [4.69, 9.17) is 0 Å². The number of benzene rings is 9. The molecule has 10 aromatic rings. The molecule has 0 N–H and O–H groups in total. The monoisotopic (exact) mass is 731 g/mol. The topological polar surface area (TPSA) is 3.24 Å². The number of nitrogens with zero attached hydrogens (tertiary/aromatic N) is 1. The highest BCUT2D eigenvalue weighted by Gasteiger charge is 2.42. The van der Waals surface area contributed by atoms with Gasteiger partial charge in [-0.1, -0.05) is 182 Å². The quantitative estimate of drug-likeness (QED) is 0.165. The highest BCUT2D eigenvalue weighted by molar-refractivity contribution is 7.26. The van der Waals surface area contributed by atoms with Gasteiger partial charge in [0.05, 0.1) is 21.8 Å². The maximum Gasteiger partial charge on any atom is 0.0640 e. The number of fused-ring (bicyclic) bond motifs is 7. The molecular formula is C54H37NS. The summed E-state index contributed by atoms with van der Waals surface area (Å²) in [6.07, 6.45) is 0. The zero-order chi connectivity index (χ0) is 37.2. The van der Waals surface area contributed by atoms with Crippen LogP contribution in [-0.4, -0.2) is 0 Å². The van der Waals surface area contributed by atoms with Gasteiger partial charge in [0.2, 0.25) is 0 Å². The van der Waals surface area contributed by atoms with E-state index >= 15 is 0 Å². The maximum absolute atomic E-state index is 2.57. The number of thiophene rings is 1. The van der Waals surface area contributed by atoms with Crippen molar-refractivity contribution in [2.75, 3.05) is 4.90 Å². The molecule has 0 spiro atoms. The molecule has 0 bridgehead atoms. The van der Waals surface area contributed by atoms with Crippen LogP contribution in [0, 0.1) is 0 Å². The Labute approximate surface area is 331 Å². The van der Waals surface area contributed by atoms with E-state index < -0.39 is 0 Å². The van der Waals surface area contributed by atoms with Gasteiger partial charge in [-0.05, 0) is 80.9 Å². The Morgan fingerprint density at radius 2 is 0.982 bits per heavy atom. The fraction of sp³-hybridized carbons (Fsp3) is 0.0370. The Morgan fingerprint density at radius 3 is 1.82 bits per heavy atom. The first-order valence-corrected chi connectivity index (χ1v) is 20.2. The fourth-order valence-corrected chi connectivity index (χ4v) is 10.6. The average molecular weight is 732 g/mol. The fourth-order valence-electron chi connectivity index (χ4n) is 9.41. The molecule has 9 aromatic carbocycles. The van der Waals surface area contributed by atoms with Gasteiger partial charge in [-0.3, -0.25) is 0 Å². The van der Waals surface area contributed by atoms with Crippen molar-refractivity contribution in [3.63, 3.8) is 0 Å². The molecule has 11 rings (SSSR count). The average Bonchev–Trinajstić information content (AvgIpc) is 3.78. The van der Waals surface area contributed by atoms with Gasteiger partial charge in [0.15, 0.2) is 0 Å². The van der Waals surface area contributed by atoms with Crippen LogP contribution in [-0.2, 0) is 5.41 Å². The minimum Gasteiger partial charge on any atom is -0.308 e. The van der Waals surface area contributed by atoms with Crippen molar-refractivity contribution in [2.24, 2.45) is 0 Å². The van der Waals surface area contributed by atoms with E-state index in [0.29, 0.717) is 0 Å². The van der Waals surface area contributed by atoms with E-state index in [1.165, 1.54) is 92.4 Å². The number of rotatable bonds is 6. The van der Waals surface area contributed by atoms with Crippen LogP contribution >= 0.6 is 11.3 Å². The van der Waals surface area contributed by atoms with Crippen molar-refractivity contribution >= 4 is 59.3 Å². The molecule has 264 valence electrons. The summed E-state index contributed by atoms with van der Waals surface area (Å²) in [6, 6.07) is 76.0. The Balaban J connectivity index is 1.25. The second-order valence-electron chi connectivity index (χ2n) is 14.9. The molecule has 0 saturated carbocycles. The standard InChI is InChI=1S/C54H37NS/c1-54(38-22-6-3-7-23-38)45-30-11-8-26-44(45)52-46(54)31-17-33-48(52)55(49-34-16-29-43-41-25-10-13-35-50(41)56-53(43)49)47-32-12-9-24-40(47)42-28-15-21-37-20-14-27-39(51(37)42)36-18-4-2-5-19-36/h2-35H,1H3. The lowest BCUT2D eigenvalue weighted by molar-refractivity contribution is 0.714.